The topological polar surface area (TPSA) is 73.2 Å². The number of hydrogen-bond donors (Lipinski definition) is 1. The normalized spacial score (nSPS) is 10.7. The van der Waals surface area contributed by atoms with Gasteiger partial charge in [0.25, 0.3) is 0 Å². The Kier molecular flexibility index (Phi) is 6.13. The molecule has 0 saturated heterocycles. The van der Waals surface area contributed by atoms with Crippen molar-refractivity contribution in [3.05, 3.63) is 54.1 Å². The van der Waals surface area contributed by atoms with E-state index in [1.807, 2.05) is 24.3 Å². The van der Waals surface area contributed by atoms with Gasteiger partial charge in [0.05, 0.1) is 29.0 Å². The van der Waals surface area contributed by atoms with Gasteiger partial charge < -0.3 is 14.6 Å². The predicted molar refractivity (Wildman–Crippen MR) is 107 cm³/mol. The third-order valence-corrected chi connectivity index (χ3v) is 4.92. The molecular formula is C20H21N3O3S. The summed E-state index contributed by atoms with van der Waals surface area (Å²) < 4.78 is 7.04. The van der Waals surface area contributed by atoms with Gasteiger partial charge in [0.15, 0.2) is 5.16 Å². The van der Waals surface area contributed by atoms with E-state index in [2.05, 4.69) is 21.8 Å². The van der Waals surface area contributed by atoms with E-state index < -0.39 is 0 Å². The zero-order chi connectivity index (χ0) is 19.2. The second-order valence-corrected chi connectivity index (χ2v) is 6.70. The van der Waals surface area contributed by atoms with Gasteiger partial charge in [0.2, 0.25) is 5.91 Å². The molecule has 6 nitrogen and oxygen atoms in total. The molecule has 27 heavy (non-hydrogen) atoms. The Balaban J connectivity index is 1.61. The van der Waals surface area contributed by atoms with E-state index in [1.54, 1.807) is 31.2 Å². The number of ether oxygens (including phenoxy) is 1. The van der Waals surface area contributed by atoms with E-state index in [0.29, 0.717) is 17.9 Å². The number of carbonyl (C=O) groups excluding carboxylic acids is 2. The average Bonchev–Trinajstić information content (AvgIpc) is 3.04. The molecule has 0 radical (unpaired) electrons. The Morgan fingerprint density at radius 2 is 1.85 bits per heavy atom. The minimum Gasteiger partial charge on any atom is -0.462 e. The van der Waals surface area contributed by atoms with Crippen LogP contribution in [0.1, 0.15) is 24.2 Å². The first kappa shape index (κ1) is 19.0. The van der Waals surface area contributed by atoms with Crippen molar-refractivity contribution >= 4 is 40.4 Å². The Labute approximate surface area is 161 Å². The number of hydrogen-bond acceptors (Lipinski definition) is 5. The third-order valence-electron chi connectivity index (χ3n) is 3.95. The molecule has 1 amide bonds. The van der Waals surface area contributed by atoms with Gasteiger partial charge in [0, 0.05) is 12.2 Å². The van der Waals surface area contributed by atoms with Crippen LogP contribution in [0.4, 0.5) is 5.69 Å². The van der Waals surface area contributed by atoms with Gasteiger partial charge in [-0.25, -0.2) is 9.78 Å². The SMILES string of the molecule is CCOC(=O)c1ccc(NC(=O)CSc2nc3ccccc3n2CC)cc1. The number of aromatic nitrogens is 2. The number of nitrogens with one attached hydrogen (secondary N) is 1. The first-order valence-electron chi connectivity index (χ1n) is 8.77. The number of benzene rings is 2. The van der Waals surface area contributed by atoms with Crippen LogP contribution in [0.15, 0.2) is 53.7 Å². The van der Waals surface area contributed by atoms with Crippen LogP contribution >= 0.6 is 11.8 Å². The standard InChI is InChI=1S/C20H21N3O3S/c1-3-23-17-8-6-5-7-16(17)22-20(23)27-13-18(24)21-15-11-9-14(10-12-15)19(25)26-4-2/h5-12H,3-4,13H2,1-2H3,(H,21,24). The number of anilines is 1. The first-order chi connectivity index (χ1) is 13.1. The molecule has 0 aliphatic carbocycles. The number of para-hydroxylation sites is 2. The van der Waals surface area contributed by atoms with Crippen LogP contribution in [0.3, 0.4) is 0 Å². The van der Waals surface area contributed by atoms with E-state index in [1.165, 1.54) is 11.8 Å². The number of fused-ring (bicyclic) bond motifs is 1. The molecule has 0 saturated carbocycles. The molecule has 140 valence electrons. The molecule has 1 heterocycles. The van der Waals surface area contributed by atoms with E-state index in [4.69, 9.17) is 4.74 Å². The molecule has 0 aliphatic rings. The van der Waals surface area contributed by atoms with Gasteiger partial charge >= 0.3 is 5.97 Å². The Bertz CT molecular complexity index is 951. The average molecular weight is 383 g/mol. The van der Waals surface area contributed by atoms with Gasteiger partial charge in [-0.1, -0.05) is 23.9 Å². The van der Waals surface area contributed by atoms with Crippen molar-refractivity contribution in [2.24, 2.45) is 0 Å². The Hall–Kier alpha value is -2.80. The van der Waals surface area contributed by atoms with E-state index in [9.17, 15) is 9.59 Å². The molecule has 0 bridgehead atoms. The van der Waals surface area contributed by atoms with Crippen LogP contribution in [0.5, 0.6) is 0 Å². The maximum absolute atomic E-state index is 12.3. The lowest BCUT2D eigenvalue weighted by Gasteiger charge is -2.07. The van der Waals surface area contributed by atoms with Crippen molar-refractivity contribution in [3.8, 4) is 0 Å². The van der Waals surface area contributed by atoms with E-state index in [0.717, 1.165) is 22.7 Å². The highest BCUT2D eigenvalue weighted by Crippen LogP contribution is 2.24. The summed E-state index contributed by atoms with van der Waals surface area (Å²) in [7, 11) is 0. The molecule has 0 spiro atoms. The van der Waals surface area contributed by atoms with Crippen LogP contribution in [-0.2, 0) is 16.1 Å². The summed E-state index contributed by atoms with van der Waals surface area (Å²) in [6.45, 7) is 4.94. The quantitative estimate of drug-likeness (QED) is 0.494. The molecule has 0 atom stereocenters. The lowest BCUT2D eigenvalue weighted by Crippen LogP contribution is -2.14. The Morgan fingerprint density at radius 1 is 1.11 bits per heavy atom. The van der Waals surface area contributed by atoms with Crippen LogP contribution in [0.2, 0.25) is 0 Å². The smallest absolute Gasteiger partial charge is 0.338 e. The number of esters is 1. The van der Waals surface area contributed by atoms with Crippen LogP contribution in [-0.4, -0.2) is 33.8 Å². The maximum Gasteiger partial charge on any atom is 0.338 e. The minimum absolute atomic E-state index is 0.126. The molecule has 0 aliphatic heterocycles. The number of amides is 1. The van der Waals surface area contributed by atoms with Crippen LogP contribution in [0.25, 0.3) is 11.0 Å². The molecule has 3 aromatic rings. The zero-order valence-corrected chi connectivity index (χ0v) is 16.1. The summed E-state index contributed by atoms with van der Waals surface area (Å²) in [6.07, 6.45) is 0. The monoisotopic (exact) mass is 383 g/mol. The van der Waals surface area contributed by atoms with Gasteiger partial charge in [-0.3, -0.25) is 4.79 Å². The summed E-state index contributed by atoms with van der Waals surface area (Å²) in [5, 5.41) is 3.66. The second kappa shape index (κ2) is 8.73. The van der Waals surface area contributed by atoms with Gasteiger partial charge in [-0.15, -0.1) is 0 Å². The largest absolute Gasteiger partial charge is 0.462 e. The van der Waals surface area contributed by atoms with Crippen molar-refractivity contribution in [1.82, 2.24) is 9.55 Å². The van der Waals surface area contributed by atoms with Gasteiger partial charge in [0.1, 0.15) is 0 Å². The van der Waals surface area contributed by atoms with Crippen LogP contribution in [0, 0.1) is 0 Å². The third kappa shape index (κ3) is 4.49. The van der Waals surface area contributed by atoms with Gasteiger partial charge in [-0.05, 0) is 50.2 Å². The van der Waals surface area contributed by atoms with Crippen molar-refractivity contribution in [2.45, 2.75) is 25.5 Å². The summed E-state index contributed by atoms with van der Waals surface area (Å²) in [6, 6.07) is 14.6. The lowest BCUT2D eigenvalue weighted by atomic mass is 10.2. The molecule has 1 N–H and O–H groups in total. The molecule has 3 rings (SSSR count). The van der Waals surface area contributed by atoms with Crippen molar-refractivity contribution < 1.29 is 14.3 Å². The van der Waals surface area contributed by atoms with Crippen molar-refractivity contribution in [2.75, 3.05) is 17.7 Å². The summed E-state index contributed by atoms with van der Waals surface area (Å²) in [5.74, 6) is -0.244. The fourth-order valence-electron chi connectivity index (χ4n) is 2.70. The van der Waals surface area contributed by atoms with Crippen molar-refractivity contribution in [3.63, 3.8) is 0 Å². The first-order valence-corrected chi connectivity index (χ1v) is 9.76. The van der Waals surface area contributed by atoms with E-state index in [-0.39, 0.29) is 17.6 Å². The lowest BCUT2D eigenvalue weighted by molar-refractivity contribution is -0.113. The Morgan fingerprint density at radius 3 is 2.56 bits per heavy atom. The fraction of sp³-hybridized carbons (Fsp3) is 0.250. The number of aryl methyl sites for hydroxylation is 1. The van der Waals surface area contributed by atoms with Crippen molar-refractivity contribution in [1.29, 1.82) is 0 Å². The molecule has 0 fully saturated rings. The molecule has 0 unspecified atom stereocenters. The number of thioether (sulfide) groups is 1. The van der Waals surface area contributed by atoms with E-state index >= 15 is 0 Å². The molecule has 1 aromatic heterocycles. The van der Waals surface area contributed by atoms with Crippen LogP contribution < -0.4 is 5.32 Å². The summed E-state index contributed by atoms with van der Waals surface area (Å²) in [5.41, 5.74) is 3.09. The summed E-state index contributed by atoms with van der Waals surface area (Å²) >= 11 is 1.41. The highest BCUT2D eigenvalue weighted by Gasteiger charge is 2.12. The number of imidazole rings is 1. The molecular weight excluding hydrogens is 362 g/mol. The second-order valence-electron chi connectivity index (χ2n) is 5.76. The molecule has 2 aromatic carbocycles. The molecule has 7 heteroatoms. The highest BCUT2D eigenvalue weighted by molar-refractivity contribution is 7.99. The maximum atomic E-state index is 12.3. The number of rotatable bonds is 7. The predicted octanol–water partition coefficient (Wildman–Crippen LogP) is 3.96. The minimum atomic E-state index is -0.371. The van der Waals surface area contributed by atoms with Gasteiger partial charge in [-0.2, -0.15) is 0 Å². The number of nitrogens with zero attached hydrogens (tertiary/aromatic N) is 2. The highest BCUT2D eigenvalue weighted by atomic mass is 32.2. The fourth-order valence-corrected chi connectivity index (χ4v) is 3.58. The zero-order valence-electron chi connectivity index (χ0n) is 15.3. The summed E-state index contributed by atoms with van der Waals surface area (Å²) in [4.78, 5) is 28.5. The number of carbonyl (C=O) groups is 2.